The highest BCUT2D eigenvalue weighted by atomic mass is 16.3. The molecule has 7 heteroatoms. The van der Waals surface area contributed by atoms with Crippen LogP contribution in [0.4, 0.5) is 0 Å². The molecule has 0 bridgehead atoms. The first-order valence-electron chi connectivity index (χ1n) is 10.4. The van der Waals surface area contributed by atoms with Crippen molar-refractivity contribution in [2.24, 2.45) is 5.92 Å². The second-order valence-electron chi connectivity index (χ2n) is 8.16. The highest BCUT2D eigenvalue weighted by molar-refractivity contribution is 5.92. The Kier molecular flexibility index (Phi) is 5.48. The number of rotatable bonds is 3. The lowest BCUT2D eigenvalue weighted by Crippen LogP contribution is -2.51. The van der Waals surface area contributed by atoms with Gasteiger partial charge in [0.05, 0.1) is 11.6 Å². The summed E-state index contributed by atoms with van der Waals surface area (Å²) in [7, 11) is 0. The Bertz CT molecular complexity index is 675. The smallest absolute Gasteiger partial charge is 0.291 e. The summed E-state index contributed by atoms with van der Waals surface area (Å²) in [6, 6.07) is 0.471. The van der Waals surface area contributed by atoms with E-state index in [2.05, 4.69) is 14.8 Å². The molecule has 27 heavy (non-hydrogen) atoms. The molecule has 4 heterocycles. The van der Waals surface area contributed by atoms with E-state index in [9.17, 15) is 9.59 Å². The molecule has 1 atom stereocenters. The number of amides is 2. The molecule has 0 radical (unpaired) electrons. The van der Waals surface area contributed by atoms with Gasteiger partial charge in [0, 0.05) is 38.8 Å². The van der Waals surface area contributed by atoms with Crippen LogP contribution in [0, 0.1) is 12.8 Å². The van der Waals surface area contributed by atoms with Crippen LogP contribution < -0.4 is 0 Å². The van der Waals surface area contributed by atoms with Crippen LogP contribution in [0.5, 0.6) is 0 Å². The summed E-state index contributed by atoms with van der Waals surface area (Å²) < 4.78 is 5.26. The summed E-state index contributed by atoms with van der Waals surface area (Å²) in [6.45, 7) is 7.12. The highest BCUT2D eigenvalue weighted by Crippen LogP contribution is 2.26. The molecule has 1 aromatic heterocycles. The maximum absolute atomic E-state index is 12.8. The summed E-state index contributed by atoms with van der Waals surface area (Å²) in [5.41, 5.74) is 0.654. The van der Waals surface area contributed by atoms with E-state index < -0.39 is 0 Å². The predicted molar refractivity (Wildman–Crippen MR) is 100 cm³/mol. The summed E-state index contributed by atoms with van der Waals surface area (Å²) in [5.74, 6) is 0.839. The van der Waals surface area contributed by atoms with E-state index in [0.717, 1.165) is 77.8 Å². The number of aryl methyl sites for hydroxylation is 1. The van der Waals surface area contributed by atoms with Gasteiger partial charge in [0.2, 0.25) is 11.7 Å². The fourth-order valence-electron chi connectivity index (χ4n) is 4.82. The summed E-state index contributed by atoms with van der Waals surface area (Å²) in [5, 5.41) is 0. The Balaban J connectivity index is 1.30. The first-order valence-corrected chi connectivity index (χ1v) is 10.4. The fraction of sp³-hybridized carbons (Fsp3) is 0.750. The molecule has 0 saturated carbocycles. The molecular formula is C20H30N4O3. The number of piperidine rings is 2. The normalized spacial score (nSPS) is 25.1. The van der Waals surface area contributed by atoms with Crippen molar-refractivity contribution in [2.45, 2.75) is 51.5 Å². The Hall–Kier alpha value is -1.89. The van der Waals surface area contributed by atoms with Gasteiger partial charge in [-0.15, -0.1) is 0 Å². The van der Waals surface area contributed by atoms with Crippen molar-refractivity contribution in [3.63, 3.8) is 0 Å². The van der Waals surface area contributed by atoms with Gasteiger partial charge in [0.1, 0.15) is 0 Å². The maximum Gasteiger partial charge on any atom is 0.291 e. The molecule has 0 spiro atoms. The molecule has 7 nitrogen and oxygen atoms in total. The number of aromatic nitrogens is 1. The lowest BCUT2D eigenvalue weighted by molar-refractivity contribution is -0.136. The predicted octanol–water partition coefficient (Wildman–Crippen LogP) is 1.92. The average molecular weight is 374 g/mol. The lowest BCUT2D eigenvalue weighted by Gasteiger charge is -2.42. The van der Waals surface area contributed by atoms with E-state index in [1.54, 1.807) is 6.92 Å². The lowest BCUT2D eigenvalue weighted by atomic mass is 9.93. The first-order chi connectivity index (χ1) is 13.1. The minimum absolute atomic E-state index is 0.0517. The molecule has 3 aliphatic heterocycles. The van der Waals surface area contributed by atoms with Crippen molar-refractivity contribution in [2.75, 3.05) is 39.3 Å². The molecule has 0 unspecified atom stereocenters. The van der Waals surface area contributed by atoms with Gasteiger partial charge in [0.15, 0.2) is 6.39 Å². The molecule has 2 amide bonds. The van der Waals surface area contributed by atoms with Crippen LogP contribution in [-0.4, -0.2) is 76.8 Å². The molecule has 3 saturated heterocycles. The van der Waals surface area contributed by atoms with Crippen LogP contribution in [0.1, 0.15) is 54.8 Å². The third-order valence-electron chi connectivity index (χ3n) is 6.43. The van der Waals surface area contributed by atoms with Crippen LogP contribution in [0.3, 0.4) is 0 Å². The molecule has 3 fully saturated rings. The number of likely N-dealkylation sites (tertiary alicyclic amines) is 3. The van der Waals surface area contributed by atoms with Gasteiger partial charge >= 0.3 is 0 Å². The van der Waals surface area contributed by atoms with Crippen LogP contribution in [0.25, 0.3) is 0 Å². The molecule has 0 aliphatic carbocycles. The largest absolute Gasteiger partial charge is 0.438 e. The monoisotopic (exact) mass is 374 g/mol. The third-order valence-corrected chi connectivity index (χ3v) is 6.43. The van der Waals surface area contributed by atoms with Crippen LogP contribution in [-0.2, 0) is 4.79 Å². The zero-order valence-corrected chi connectivity index (χ0v) is 16.2. The Morgan fingerprint density at radius 2 is 1.74 bits per heavy atom. The average Bonchev–Trinajstić information content (AvgIpc) is 3.39. The van der Waals surface area contributed by atoms with Crippen LogP contribution in [0.15, 0.2) is 10.8 Å². The highest BCUT2D eigenvalue weighted by Gasteiger charge is 2.35. The topological polar surface area (TPSA) is 69.9 Å². The van der Waals surface area contributed by atoms with E-state index in [1.807, 2.05) is 4.90 Å². The number of hydrogen-bond acceptors (Lipinski definition) is 5. The fourth-order valence-corrected chi connectivity index (χ4v) is 4.82. The number of carbonyl (C=O) groups is 2. The minimum Gasteiger partial charge on any atom is -0.438 e. The summed E-state index contributed by atoms with van der Waals surface area (Å²) in [4.78, 5) is 35.8. The van der Waals surface area contributed by atoms with Gasteiger partial charge in [-0.25, -0.2) is 4.98 Å². The van der Waals surface area contributed by atoms with E-state index in [-0.39, 0.29) is 11.8 Å². The molecule has 4 rings (SSSR count). The van der Waals surface area contributed by atoms with Gasteiger partial charge in [-0.3, -0.25) is 14.5 Å². The third kappa shape index (κ3) is 3.88. The molecular weight excluding hydrogens is 344 g/mol. The summed E-state index contributed by atoms with van der Waals surface area (Å²) >= 11 is 0. The molecule has 0 N–H and O–H groups in total. The van der Waals surface area contributed by atoms with Crippen molar-refractivity contribution in [3.05, 3.63) is 17.8 Å². The van der Waals surface area contributed by atoms with Gasteiger partial charge in [-0.2, -0.15) is 0 Å². The van der Waals surface area contributed by atoms with Gasteiger partial charge in [-0.1, -0.05) is 0 Å². The van der Waals surface area contributed by atoms with E-state index in [0.29, 0.717) is 23.4 Å². The number of oxazole rings is 1. The second kappa shape index (κ2) is 8.00. The van der Waals surface area contributed by atoms with Crippen molar-refractivity contribution in [3.8, 4) is 0 Å². The number of nitrogens with zero attached hydrogens (tertiary/aromatic N) is 4. The van der Waals surface area contributed by atoms with Gasteiger partial charge in [-0.05, 0) is 52.0 Å². The molecule has 0 aromatic carbocycles. The Labute approximate surface area is 160 Å². The Morgan fingerprint density at radius 1 is 1.00 bits per heavy atom. The first kappa shape index (κ1) is 18.5. The Morgan fingerprint density at radius 3 is 2.41 bits per heavy atom. The molecule has 148 valence electrons. The van der Waals surface area contributed by atoms with Crippen molar-refractivity contribution in [1.29, 1.82) is 0 Å². The minimum atomic E-state index is -0.0517. The van der Waals surface area contributed by atoms with E-state index >= 15 is 0 Å². The molecule has 1 aromatic rings. The summed E-state index contributed by atoms with van der Waals surface area (Å²) in [6.07, 6.45) is 7.68. The molecule has 3 aliphatic rings. The van der Waals surface area contributed by atoms with Gasteiger partial charge < -0.3 is 14.2 Å². The SMILES string of the molecule is Cc1ncoc1C(=O)N1CCC(N2CCC[C@@H](C(=O)N3CCCC3)C2)CC1. The van der Waals surface area contributed by atoms with Crippen molar-refractivity contribution < 1.29 is 14.0 Å². The second-order valence-corrected chi connectivity index (χ2v) is 8.16. The zero-order chi connectivity index (χ0) is 18.8. The van der Waals surface area contributed by atoms with Gasteiger partial charge in [0.25, 0.3) is 5.91 Å². The van der Waals surface area contributed by atoms with E-state index in [1.165, 1.54) is 6.39 Å². The van der Waals surface area contributed by atoms with Crippen LogP contribution in [0.2, 0.25) is 0 Å². The zero-order valence-electron chi connectivity index (χ0n) is 16.2. The number of carbonyl (C=O) groups excluding carboxylic acids is 2. The van der Waals surface area contributed by atoms with Crippen molar-refractivity contribution in [1.82, 2.24) is 19.7 Å². The van der Waals surface area contributed by atoms with E-state index in [4.69, 9.17) is 4.42 Å². The standard InChI is InChI=1S/C20H30N4O3/c1-15-18(27-14-21-15)20(26)23-11-6-17(7-12-23)24-10-4-5-16(13-24)19(25)22-8-2-3-9-22/h14,16-17H,2-13H2,1H3/t16-/m1/s1. The van der Waals surface area contributed by atoms with Crippen molar-refractivity contribution >= 4 is 11.8 Å². The van der Waals surface area contributed by atoms with Crippen LogP contribution >= 0.6 is 0 Å². The maximum atomic E-state index is 12.8. The number of hydrogen-bond donors (Lipinski definition) is 0. The quantitative estimate of drug-likeness (QED) is 0.808.